The number of amides is 1. The molecule has 1 amide bonds. The number of para-hydroxylation sites is 2. The number of pyridine rings is 1. The SMILES string of the molecule is O=C(CNCCc1c[nH]c2ccccc12)Nc1cccc2cccnc12. The first kappa shape index (κ1) is 16.3. The minimum atomic E-state index is -0.0675. The number of fused-ring (bicyclic) bond motifs is 2. The third-order valence-electron chi connectivity index (χ3n) is 4.44. The van der Waals surface area contributed by atoms with Crippen molar-refractivity contribution in [3.05, 3.63) is 72.6 Å². The van der Waals surface area contributed by atoms with Gasteiger partial charge in [0.05, 0.1) is 17.7 Å². The first-order valence-corrected chi connectivity index (χ1v) is 8.70. The summed E-state index contributed by atoms with van der Waals surface area (Å²) < 4.78 is 0. The Hall–Kier alpha value is -3.18. The second kappa shape index (κ2) is 7.37. The monoisotopic (exact) mass is 344 g/mol. The Morgan fingerprint density at radius 3 is 2.88 bits per heavy atom. The highest BCUT2D eigenvalue weighted by Gasteiger charge is 2.07. The van der Waals surface area contributed by atoms with Crippen LogP contribution in [0, 0.1) is 0 Å². The molecule has 0 fully saturated rings. The average Bonchev–Trinajstić information content (AvgIpc) is 3.09. The van der Waals surface area contributed by atoms with Crippen molar-refractivity contribution in [2.24, 2.45) is 0 Å². The summed E-state index contributed by atoms with van der Waals surface area (Å²) in [4.78, 5) is 19.9. The van der Waals surface area contributed by atoms with Gasteiger partial charge in [-0.1, -0.05) is 36.4 Å². The van der Waals surface area contributed by atoms with Gasteiger partial charge in [0, 0.05) is 28.7 Å². The number of rotatable bonds is 6. The van der Waals surface area contributed by atoms with Crippen LogP contribution in [0.2, 0.25) is 0 Å². The van der Waals surface area contributed by atoms with E-state index in [1.54, 1.807) is 6.20 Å². The van der Waals surface area contributed by atoms with Crippen LogP contribution >= 0.6 is 0 Å². The summed E-state index contributed by atoms with van der Waals surface area (Å²) in [6.07, 6.45) is 4.64. The summed E-state index contributed by atoms with van der Waals surface area (Å²) in [6.45, 7) is 1.01. The maximum absolute atomic E-state index is 12.2. The number of hydrogen-bond acceptors (Lipinski definition) is 3. The fraction of sp³-hybridized carbons (Fsp3) is 0.143. The van der Waals surface area contributed by atoms with Crippen LogP contribution in [-0.2, 0) is 11.2 Å². The molecular weight excluding hydrogens is 324 g/mol. The van der Waals surface area contributed by atoms with Crippen molar-refractivity contribution in [2.75, 3.05) is 18.4 Å². The smallest absolute Gasteiger partial charge is 0.238 e. The number of H-pyrrole nitrogens is 1. The molecular formula is C21H20N4O. The lowest BCUT2D eigenvalue weighted by Gasteiger charge is -2.09. The molecule has 2 heterocycles. The van der Waals surface area contributed by atoms with Crippen molar-refractivity contribution in [1.82, 2.24) is 15.3 Å². The third-order valence-corrected chi connectivity index (χ3v) is 4.44. The van der Waals surface area contributed by atoms with E-state index in [0.717, 1.165) is 35.1 Å². The number of carbonyl (C=O) groups excluding carboxylic acids is 1. The van der Waals surface area contributed by atoms with E-state index < -0.39 is 0 Å². The fourth-order valence-corrected chi connectivity index (χ4v) is 3.16. The Bertz CT molecular complexity index is 1050. The zero-order chi connectivity index (χ0) is 17.8. The van der Waals surface area contributed by atoms with Gasteiger partial charge < -0.3 is 15.6 Å². The molecule has 5 nitrogen and oxygen atoms in total. The van der Waals surface area contributed by atoms with Crippen LogP contribution in [0.5, 0.6) is 0 Å². The summed E-state index contributed by atoms with van der Waals surface area (Å²) in [5, 5.41) is 8.40. The van der Waals surface area contributed by atoms with E-state index in [1.807, 2.05) is 48.7 Å². The second-order valence-corrected chi connectivity index (χ2v) is 6.22. The molecule has 2 aromatic heterocycles. The lowest BCUT2D eigenvalue weighted by atomic mass is 10.1. The summed E-state index contributed by atoms with van der Waals surface area (Å²) >= 11 is 0. The molecule has 0 unspecified atom stereocenters. The van der Waals surface area contributed by atoms with Crippen molar-refractivity contribution in [3.8, 4) is 0 Å². The van der Waals surface area contributed by atoms with E-state index in [9.17, 15) is 4.79 Å². The van der Waals surface area contributed by atoms with Crippen molar-refractivity contribution < 1.29 is 4.79 Å². The van der Waals surface area contributed by atoms with Crippen LogP contribution in [-0.4, -0.2) is 29.0 Å². The van der Waals surface area contributed by atoms with Crippen molar-refractivity contribution in [3.63, 3.8) is 0 Å². The molecule has 0 atom stereocenters. The molecule has 0 spiro atoms. The van der Waals surface area contributed by atoms with Crippen molar-refractivity contribution in [2.45, 2.75) is 6.42 Å². The van der Waals surface area contributed by atoms with Gasteiger partial charge in [-0.05, 0) is 36.7 Å². The fourth-order valence-electron chi connectivity index (χ4n) is 3.16. The zero-order valence-corrected chi connectivity index (χ0v) is 14.3. The molecule has 26 heavy (non-hydrogen) atoms. The number of aromatic nitrogens is 2. The van der Waals surface area contributed by atoms with Gasteiger partial charge in [-0.2, -0.15) is 0 Å². The number of nitrogens with zero attached hydrogens (tertiary/aromatic N) is 1. The molecule has 130 valence electrons. The van der Waals surface area contributed by atoms with Gasteiger partial charge >= 0.3 is 0 Å². The molecule has 0 saturated heterocycles. The predicted octanol–water partition coefficient (Wildman–Crippen LogP) is 3.49. The van der Waals surface area contributed by atoms with Gasteiger partial charge in [-0.15, -0.1) is 0 Å². The maximum atomic E-state index is 12.2. The Kier molecular flexibility index (Phi) is 4.62. The number of carbonyl (C=O) groups is 1. The molecule has 0 radical (unpaired) electrons. The molecule has 0 aliphatic heterocycles. The number of hydrogen-bond donors (Lipinski definition) is 3. The number of aromatic amines is 1. The molecule has 3 N–H and O–H groups in total. The number of nitrogens with one attached hydrogen (secondary N) is 3. The van der Waals surface area contributed by atoms with Crippen molar-refractivity contribution >= 4 is 33.4 Å². The van der Waals surface area contributed by atoms with Gasteiger partial charge in [0.2, 0.25) is 5.91 Å². The summed E-state index contributed by atoms with van der Waals surface area (Å²) in [6, 6.07) is 17.9. The summed E-state index contributed by atoms with van der Waals surface area (Å²) in [5.41, 5.74) is 3.95. The van der Waals surface area contributed by atoms with E-state index in [0.29, 0.717) is 0 Å². The van der Waals surface area contributed by atoms with Crippen LogP contribution in [0.25, 0.3) is 21.8 Å². The van der Waals surface area contributed by atoms with Crippen LogP contribution < -0.4 is 10.6 Å². The highest BCUT2D eigenvalue weighted by molar-refractivity contribution is 6.00. The van der Waals surface area contributed by atoms with Crippen LogP contribution in [0.15, 0.2) is 67.0 Å². The summed E-state index contributed by atoms with van der Waals surface area (Å²) in [5.74, 6) is -0.0675. The standard InChI is InChI=1S/C21H20N4O/c26-20(25-19-9-3-5-15-6-4-11-23-21(15)19)14-22-12-10-16-13-24-18-8-2-1-7-17(16)18/h1-9,11,13,22,24H,10,12,14H2,(H,25,26). The second-order valence-electron chi connectivity index (χ2n) is 6.22. The van der Waals surface area contributed by atoms with Crippen molar-refractivity contribution in [1.29, 1.82) is 0 Å². The highest BCUT2D eigenvalue weighted by Crippen LogP contribution is 2.20. The van der Waals surface area contributed by atoms with E-state index in [1.165, 1.54) is 10.9 Å². The lowest BCUT2D eigenvalue weighted by molar-refractivity contribution is -0.115. The van der Waals surface area contributed by atoms with Gasteiger partial charge in [0.1, 0.15) is 0 Å². The molecule has 0 bridgehead atoms. The Balaban J connectivity index is 1.31. The summed E-state index contributed by atoms with van der Waals surface area (Å²) in [7, 11) is 0. The lowest BCUT2D eigenvalue weighted by Crippen LogP contribution is -2.29. The zero-order valence-electron chi connectivity index (χ0n) is 14.3. The Labute approximate surface area is 151 Å². The Morgan fingerprint density at radius 2 is 1.92 bits per heavy atom. The Morgan fingerprint density at radius 1 is 1.04 bits per heavy atom. The largest absolute Gasteiger partial charge is 0.361 e. The molecule has 5 heteroatoms. The van der Waals surface area contributed by atoms with Gasteiger partial charge in [-0.25, -0.2) is 0 Å². The van der Waals surface area contributed by atoms with Gasteiger partial charge in [-0.3, -0.25) is 9.78 Å². The number of anilines is 1. The quantitative estimate of drug-likeness (QED) is 0.469. The average molecular weight is 344 g/mol. The van der Waals surface area contributed by atoms with Crippen LogP contribution in [0.4, 0.5) is 5.69 Å². The molecule has 2 aromatic carbocycles. The van der Waals surface area contributed by atoms with Gasteiger partial charge in [0.15, 0.2) is 0 Å². The minimum absolute atomic E-state index is 0.0675. The van der Waals surface area contributed by atoms with E-state index in [4.69, 9.17) is 0 Å². The third kappa shape index (κ3) is 3.43. The number of benzene rings is 2. The normalized spacial score (nSPS) is 11.1. The van der Waals surface area contributed by atoms with E-state index in [2.05, 4.69) is 32.7 Å². The highest BCUT2D eigenvalue weighted by atomic mass is 16.1. The van der Waals surface area contributed by atoms with E-state index >= 15 is 0 Å². The minimum Gasteiger partial charge on any atom is -0.361 e. The maximum Gasteiger partial charge on any atom is 0.238 e. The van der Waals surface area contributed by atoms with Crippen LogP contribution in [0.1, 0.15) is 5.56 Å². The van der Waals surface area contributed by atoms with Gasteiger partial charge in [0.25, 0.3) is 0 Å². The van der Waals surface area contributed by atoms with E-state index in [-0.39, 0.29) is 12.5 Å². The molecule has 0 aliphatic carbocycles. The predicted molar refractivity (Wildman–Crippen MR) is 105 cm³/mol. The molecule has 0 aliphatic rings. The molecule has 4 rings (SSSR count). The first-order chi connectivity index (χ1) is 12.8. The first-order valence-electron chi connectivity index (χ1n) is 8.70. The molecule has 0 saturated carbocycles. The topological polar surface area (TPSA) is 69.8 Å². The molecule has 4 aromatic rings. The van der Waals surface area contributed by atoms with Crippen LogP contribution in [0.3, 0.4) is 0 Å².